The molecule has 106 valence electrons. The zero-order valence-electron chi connectivity index (χ0n) is 11.7. The summed E-state index contributed by atoms with van der Waals surface area (Å²) < 4.78 is 1.56. The van der Waals surface area contributed by atoms with E-state index in [4.69, 9.17) is 0 Å². The van der Waals surface area contributed by atoms with Crippen LogP contribution < -0.4 is 11.0 Å². The molecule has 2 N–H and O–H groups in total. The van der Waals surface area contributed by atoms with Crippen LogP contribution in [0.25, 0.3) is 5.69 Å². The van der Waals surface area contributed by atoms with E-state index in [1.807, 2.05) is 42.6 Å². The summed E-state index contributed by atoms with van der Waals surface area (Å²) in [7, 11) is 0. The van der Waals surface area contributed by atoms with Gasteiger partial charge in [0.05, 0.1) is 11.7 Å². The van der Waals surface area contributed by atoms with Gasteiger partial charge in [-0.15, -0.1) is 0 Å². The van der Waals surface area contributed by atoms with Crippen LogP contribution in [0, 0.1) is 0 Å². The third-order valence-electron chi connectivity index (χ3n) is 3.36. The second-order valence-corrected chi connectivity index (χ2v) is 4.83. The number of pyridine rings is 1. The number of aromatic nitrogens is 3. The van der Waals surface area contributed by atoms with Gasteiger partial charge in [-0.25, -0.2) is 4.79 Å². The molecule has 0 aliphatic heterocycles. The Labute approximate surface area is 122 Å². The SMILES string of the molecule is CC(Nc1ccc(-n2cc[nH]c2=O)cc1)c1cccnc1. The Hall–Kier alpha value is -2.82. The summed E-state index contributed by atoms with van der Waals surface area (Å²) in [5, 5.41) is 3.41. The molecule has 0 fully saturated rings. The fourth-order valence-electron chi connectivity index (χ4n) is 2.21. The molecule has 0 saturated carbocycles. The maximum Gasteiger partial charge on any atom is 0.330 e. The minimum atomic E-state index is -0.139. The highest BCUT2D eigenvalue weighted by atomic mass is 16.1. The first-order chi connectivity index (χ1) is 10.2. The van der Waals surface area contributed by atoms with Crippen LogP contribution in [0.1, 0.15) is 18.5 Å². The average molecular weight is 280 g/mol. The summed E-state index contributed by atoms with van der Waals surface area (Å²) in [5.41, 5.74) is 2.82. The molecule has 1 atom stereocenters. The lowest BCUT2D eigenvalue weighted by molar-refractivity contribution is 0.875. The molecular weight excluding hydrogens is 264 g/mol. The number of H-pyrrole nitrogens is 1. The molecule has 1 aromatic carbocycles. The molecule has 3 aromatic rings. The van der Waals surface area contributed by atoms with Crippen molar-refractivity contribution in [3.05, 3.63) is 77.2 Å². The van der Waals surface area contributed by atoms with E-state index in [0.29, 0.717) is 0 Å². The molecule has 2 aromatic heterocycles. The summed E-state index contributed by atoms with van der Waals surface area (Å²) in [6.45, 7) is 2.08. The van der Waals surface area contributed by atoms with E-state index in [0.717, 1.165) is 16.9 Å². The summed E-state index contributed by atoms with van der Waals surface area (Å²) in [5.74, 6) is 0. The molecule has 5 nitrogen and oxygen atoms in total. The molecule has 5 heteroatoms. The van der Waals surface area contributed by atoms with Crippen LogP contribution in [0.4, 0.5) is 5.69 Å². The van der Waals surface area contributed by atoms with Crippen LogP contribution in [0.3, 0.4) is 0 Å². The van der Waals surface area contributed by atoms with Crippen molar-refractivity contribution in [2.45, 2.75) is 13.0 Å². The molecule has 3 rings (SSSR count). The highest BCUT2D eigenvalue weighted by Crippen LogP contribution is 2.19. The second-order valence-electron chi connectivity index (χ2n) is 4.83. The third kappa shape index (κ3) is 2.86. The standard InChI is InChI=1S/C16H16N4O/c1-12(13-3-2-8-17-11-13)19-14-4-6-15(7-5-14)20-10-9-18-16(20)21/h2-12,19H,1H3,(H,18,21). The van der Waals surface area contributed by atoms with Gasteiger partial charge >= 0.3 is 5.69 Å². The van der Waals surface area contributed by atoms with Crippen LogP contribution >= 0.6 is 0 Å². The summed E-state index contributed by atoms with van der Waals surface area (Å²) in [6.07, 6.45) is 6.95. The highest BCUT2D eigenvalue weighted by molar-refractivity contribution is 5.50. The Kier molecular flexibility index (Phi) is 3.55. The van der Waals surface area contributed by atoms with Crippen LogP contribution in [-0.4, -0.2) is 14.5 Å². The van der Waals surface area contributed by atoms with Gasteiger partial charge in [0.1, 0.15) is 0 Å². The zero-order valence-corrected chi connectivity index (χ0v) is 11.7. The van der Waals surface area contributed by atoms with Gasteiger partial charge in [0, 0.05) is 30.5 Å². The third-order valence-corrected chi connectivity index (χ3v) is 3.36. The number of hydrogen-bond donors (Lipinski definition) is 2. The van der Waals surface area contributed by atoms with Crippen molar-refractivity contribution < 1.29 is 0 Å². The number of nitrogens with zero attached hydrogens (tertiary/aromatic N) is 2. The Morgan fingerprint density at radius 1 is 1.24 bits per heavy atom. The van der Waals surface area contributed by atoms with E-state index in [-0.39, 0.29) is 11.7 Å². The van der Waals surface area contributed by atoms with E-state index >= 15 is 0 Å². The smallest absolute Gasteiger partial charge is 0.330 e. The fraction of sp³-hybridized carbons (Fsp3) is 0.125. The molecule has 0 spiro atoms. The number of imidazole rings is 1. The van der Waals surface area contributed by atoms with Gasteiger partial charge in [-0.1, -0.05) is 6.07 Å². The first kappa shape index (κ1) is 13.2. The van der Waals surface area contributed by atoms with Gasteiger partial charge in [-0.05, 0) is 42.8 Å². The molecule has 0 saturated heterocycles. The molecule has 2 heterocycles. The Balaban J connectivity index is 1.76. The first-order valence-corrected chi connectivity index (χ1v) is 6.77. The van der Waals surface area contributed by atoms with Gasteiger partial charge in [0.2, 0.25) is 0 Å². The lowest BCUT2D eigenvalue weighted by Gasteiger charge is -2.15. The quantitative estimate of drug-likeness (QED) is 0.772. The number of hydrogen-bond acceptors (Lipinski definition) is 3. The Bertz CT molecular complexity index is 759. The monoisotopic (exact) mass is 280 g/mol. The largest absolute Gasteiger partial charge is 0.378 e. The van der Waals surface area contributed by atoms with E-state index in [9.17, 15) is 4.79 Å². The number of aromatic amines is 1. The lowest BCUT2D eigenvalue weighted by Crippen LogP contribution is -2.14. The molecule has 21 heavy (non-hydrogen) atoms. The predicted octanol–water partition coefficient (Wildman–Crippen LogP) is 2.73. The summed E-state index contributed by atoms with van der Waals surface area (Å²) in [4.78, 5) is 18.3. The Morgan fingerprint density at radius 2 is 2.05 bits per heavy atom. The normalized spacial score (nSPS) is 12.0. The van der Waals surface area contributed by atoms with Crippen molar-refractivity contribution in [1.29, 1.82) is 0 Å². The number of nitrogens with one attached hydrogen (secondary N) is 2. The lowest BCUT2D eigenvalue weighted by atomic mass is 10.1. The zero-order chi connectivity index (χ0) is 14.7. The Morgan fingerprint density at radius 3 is 2.67 bits per heavy atom. The maximum atomic E-state index is 11.6. The molecule has 0 aliphatic rings. The summed E-state index contributed by atoms with van der Waals surface area (Å²) in [6, 6.07) is 11.9. The molecular formula is C16H16N4O. The van der Waals surface area contributed by atoms with Crippen molar-refractivity contribution in [2.75, 3.05) is 5.32 Å². The number of benzene rings is 1. The van der Waals surface area contributed by atoms with E-state index in [2.05, 4.69) is 22.2 Å². The van der Waals surface area contributed by atoms with E-state index in [1.165, 1.54) is 0 Å². The minimum Gasteiger partial charge on any atom is -0.378 e. The summed E-state index contributed by atoms with van der Waals surface area (Å²) >= 11 is 0. The fourth-order valence-corrected chi connectivity index (χ4v) is 2.21. The van der Waals surface area contributed by atoms with Crippen LogP contribution in [-0.2, 0) is 0 Å². The topological polar surface area (TPSA) is 62.7 Å². The molecule has 0 amide bonds. The van der Waals surface area contributed by atoms with E-state index in [1.54, 1.807) is 23.2 Å². The average Bonchev–Trinajstić information content (AvgIpc) is 2.95. The van der Waals surface area contributed by atoms with Crippen LogP contribution in [0.2, 0.25) is 0 Å². The molecule has 0 bridgehead atoms. The maximum absolute atomic E-state index is 11.6. The molecule has 1 unspecified atom stereocenters. The second kappa shape index (κ2) is 5.66. The minimum absolute atomic E-state index is 0.139. The van der Waals surface area contributed by atoms with Crippen molar-refractivity contribution in [2.24, 2.45) is 0 Å². The van der Waals surface area contributed by atoms with Crippen LogP contribution in [0.15, 0.2) is 66.0 Å². The van der Waals surface area contributed by atoms with Crippen LogP contribution in [0.5, 0.6) is 0 Å². The number of rotatable bonds is 4. The van der Waals surface area contributed by atoms with Crippen molar-refractivity contribution in [3.63, 3.8) is 0 Å². The van der Waals surface area contributed by atoms with Gasteiger partial charge in [-0.3, -0.25) is 9.55 Å². The molecule has 0 aliphatic carbocycles. The van der Waals surface area contributed by atoms with Gasteiger partial charge < -0.3 is 10.3 Å². The predicted molar refractivity (Wildman–Crippen MR) is 82.7 cm³/mol. The number of anilines is 1. The van der Waals surface area contributed by atoms with Gasteiger partial charge in [0.15, 0.2) is 0 Å². The van der Waals surface area contributed by atoms with Crippen molar-refractivity contribution >= 4 is 5.69 Å². The van der Waals surface area contributed by atoms with Crippen molar-refractivity contribution in [1.82, 2.24) is 14.5 Å². The van der Waals surface area contributed by atoms with Gasteiger partial charge in [-0.2, -0.15) is 0 Å². The van der Waals surface area contributed by atoms with E-state index < -0.39 is 0 Å². The molecule has 0 radical (unpaired) electrons. The van der Waals surface area contributed by atoms with Gasteiger partial charge in [0.25, 0.3) is 0 Å². The first-order valence-electron chi connectivity index (χ1n) is 6.77. The van der Waals surface area contributed by atoms with Crippen molar-refractivity contribution in [3.8, 4) is 5.69 Å². The highest BCUT2D eigenvalue weighted by Gasteiger charge is 2.05.